The van der Waals surface area contributed by atoms with Gasteiger partial charge in [0.1, 0.15) is 11.6 Å². The number of amides is 1. The molecular weight excluding hydrogens is 276 g/mol. The molecule has 1 saturated carbocycles. The van der Waals surface area contributed by atoms with Crippen molar-refractivity contribution in [1.29, 1.82) is 0 Å². The summed E-state index contributed by atoms with van der Waals surface area (Å²) in [6.07, 6.45) is 2.39. The van der Waals surface area contributed by atoms with Crippen molar-refractivity contribution >= 4 is 11.7 Å². The Balaban J connectivity index is 1.84. The lowest BCUT2D eigenvalue weighted by Gasteiger charge is -2.24. The summed E-state index contributed by atoms with van der Waals surface area (Å²) in [5.41, 5.74) is 7.95. The van der Waals surface area contributed by atoms with Gasteiger partial charge in [0.2, 0.25) is 5.91 Å². The molecule has 3 rings (SSSR count). The van der Waals surface area contributed by atoms with Gasteiger partial charge < -0.3 is 10.6 Å². The fraction of sp³-hybridized carbons (Fsp3) is 0.353. The molecule has 0 saturated heterocycles. The summed E-state index contributed by atoms with van der Waals surface area (Å²) < 4.78 is 0. The second kappa shape index (κ2) is 5.75. The maximum Gasteiger partial charge on any atom is 0.248 e. The molecule has 1 aliphatic carbocycles. The Kier molecular flexibility index (Phi) is 3.79. The second-order valence-electron chi connectivity index (χ2n) is 5.83. The highest BCUT2D eigenvalue weighted by Gasteiger charge is 2.30. The molecule has 0 radical (unpaired) electrons. The first-order chi connectivity index (χ1) is 10.5. The van der Waals surface area contributed by atoms with E-state index in [1.54, 1.807) is 12.1 Å². The topological polar surface area (TPSA) is 72.1 Å². The molecule has 0 bridgehead atoms. The van der Waals surface area contributed by atoms with Gasteiger partial charge in [-0.05, 0) is 44.4 Å². The van der Waals surface area contributed by atoms with Gasteiger partial charge in [0, 0.05) is 29.9 Å². The molecule has 1 fully saturated rings. The standard InChI is InChI=1S/C17H20N4O/c1-11-9-16(20-12(2)19-11)21(15-7-8-15)10-13-3-5-14(6-4-13)17(18)22/h3-6,9,15H,7-8,10H2,1-2H3,(H2,18,22). The van der Waals surface area contributed by atoms with E-state index in [9.17, 15) is 4.79 Å². The molecule has 1 heterocycles. The van der Waals surface area contributed by atoms with Crippen molar-refractivity contribution in [2.45, 2.75) is 39.3 Å². The number of aryl methyl sites for hydroxylation is 2. The molecule has 1 aliphatic rings. The van der Waals surface area contributed by atoms with Crippen molar-refractivity contribution in [1.82, 2.24) is 9.97 Å². The minimum atomic E-state index is -0.396. The van der Waals surface area contributed by atoms with Crippen molar-refractivity contribution < 1.29 is 4.79 Å². The van der Waals surface area contributed by atoms with E-state index in [1.807, 2.05) is 32.0 Å². The fourth-order valence-corrected chi connectivity index (χ4v) is 2.60. The zero-order valence-corrected chi connectivity index (χ0v) is 12.9. The number of hydrogen-bond donors (Lipinski definition) is 1. The number of aromatic nitrogens is 2. The molecule has 2 aromatic rings. The third kappa shape index (κ3) is 3.24. The summed E-state index contributed by atoms with van der Waals surface area (Å²) in [4.78, 5) is 22.4. The normalized spacial score (nSPS) is 13.9. The number of rotatable bonds is 5. The minimum Gasteiger partial charge on any atom is -0.366 e. The first-order valence-electron chi connectivity index (χ1n) is 7.50. The van der Waals surface area contributed by atoms with E-state index in [0.29, 0.717) is 11.6 Å². The third-order valence-corrected chi connectivity index (χ3v) is 3.83. The monoisotopic (exact) mass is 296 g/mol. The Labute approximate surface area is 130 Å². The minimum absolute atomic E-state index is 0.396. The molecule has 1 aromatic heterocycles. The summed E-state index contributed by atoms with van der Waals surface area (Å²) in [6.45, 7) is 4.69. The quantitative estimate of drug-likeness (QED) is 0.919. The number of nitrogens with two attached hydrogens (primary N) is 1. The van der Waals surface area contributed by atoms with Crippen LogP contribution in [0.4, 0.5) is 5.82 Å². The van der Waals surface area contributed by atoms with Crippen LogP contribution in [0.5, 0.6) is 0 Å². The van der Waals surface area contributed by atoms with Gasteiger partial charge in [-0.25, -0.2) is 9.97 Å². The van der Waals surface area contributed by atoms with E-state index < -0.39 is 5.91 Å². The lowest BCUT2D eigenvalue weighted by atomic mass is 10.1. The van der Waals surface area contributed by atoms with Crippen LogP contribution in [0.2, 0.25) is 0 Å². The van der Waals surface area contributed by atoms with E-state index in [2.05, 4.69) is 14.9 Å². The predicted octanol–water partition coefficient (Wildman–Crippen LogP) is 2.36. The van der Waals surface area contributed by atoms with Crippen LogP contribution in [0.15, 0.2) is 30.3 Å². The number of nitrogens with zero attached hydrogens (tertiary/aromatic N) is 3. The van der Waals surface area contributed by atoms with Crippen LogP contribution >= 0.6 is 0 Å². The van der Waals surface area contributed by atoms with E-state index in [4.69, 9.17) is 5.73 Å². The summed E-state index contributed by atoms with van der Waals surface area (Å²) in [7, 11) is 0. The zero-order valence-electron chi connectivity index (χ0n) is 12.9. The Morgan fingerprint density at radius 2 is 1.91 bits per heavy atom. The SMILES string of the molecule is Cc1cc(N(Cc2ccc(C(N)=O)cc2)C2CC2)nc(C)n1. The fourth-order valence-electron chi connectivity index (χ4n) is 2.60. The zero-order chi connectivity index (χ0) is 15.7. The molecule has 5 nitrogen and oxygen atoms in total. The number of carbonyl (C=O) groups is 1. The summed E-state index contributed by atoms with van der Waals surface area (Å²) >= 11 is 0. The van der Waals surface area contributed by atoms with Crippen LogP contribution < -0.4 is 10.6 Å². The Morgan fingerprint density at radius 3 is 2.45 bits per heavy atom. The molecule has 0 unspecified atom stereocenters. The average molecular weight is 296 g/mol. The maximum absolute atomic E-state index is 11.1. The number of benzene rings is 1. The third-order valence-electron chi connectivity index (χ3n) is 3.83. The van der Waals surface area contributed by atoms with Crippen molar-refractivity contribution in [3.63, 3.8) is 0 Å². The number of hydrogen-bond acceptors (Lipinski definition) is 4. The van der Waals surface area contributed by atoms with Crippen LogP contribution in [-0.2, 0) is 6.54 Å². The molecule has 2 N–H and O–H groups in total. The van der Waals surface area contributed by atoms with E-state index in [1.165, 1.54) is 12.8 Å². The molecular formula is C17H20N4O. The van der Waals surface area contributed by atoms with Gasteiger partial charge in [-0.3, -0.25) is 4.79 Å². The predicted molar refractivity (Wildman–Crippen MR) is 85.7 cm³/mol. The maximum atomic E-state index is 11.1. The highest BCUT2D eigenvalue weighted by molar-refractivity contribution is 5.92. The molecule has 1 amide bonds. The van der Waals surface area contributed by atoms with Gasteiger partial charge >= 0.3 is 0 Å². The Morgan fingerprint density at radius 1 is 1.23 bits per heavy atom. The van der Waals surface area contributed by atoms with Gasteiger partial charge in [-0.2, -0.15) is 0 Å². The first-order valence-corrected chi connectivity index (χ1v) is 7.50. The van der Waals surface area contributed by atoms with Gasteiger partial charge in [0.05, 0.1) is 0 Å². The van der Waals surface area contributed by atoms with Crippen molar-refractivity contribution in [2.24, 2.45) is 5.73 Å². The molecule has 5 heteroatoms. The molecule has 1 aromatic carbocycles. The highest BCUT2D eigenvalue weighted by atomic mass is 16.1. The van der Waals surface area contributed by atoms with Crippen LogP contribution in [0, 0.1) is 13.8 Å². The van der Waals surface area contributed by atoms with Crippen LogP contribution in [0.3, 0.4) is 0 Å². The van der Waals surface area contributed by atoms with Gasteiger partial charge in [-0.15, -0.1) is 0 Å². The first kappa shape index (κ1) is 14.5. The Bertz CT molecular complexity index is 672. The average Bonchev–Trinajstić information content (AvgIpc) is 3.28. The molecule has 0 atom stereocenters. The molecule has 114 valence electrons. The number of anilines is 1. The highest BCUT2D eigenvalue weighted by Crippen LogP contribution is 2.32. The summed E-state index contributed by atoms with van der Waals surface area (Å²) in [5, 5.41) is 0. The summed E-state index contributed by atoms with van der Waals surface area (Å²) in [5.74, 6) is 1.38. The smallest absolute Gasteiger partial charge is 0.248 e. The van der Waals surface area contributed by atoms with Crippen LogP contribution in [0.25, 0.3) is 0 Å². The second-order valence-corrected chi connectivity index (χ2v) is 5.83. The number of primary amides is 1. The Hall–Kier alpha value is -2.43. The van der Waals surface area contributed by atoms with E-state index >= 15 is 0 Å². The molecule has 0 spiro atoms. The van der Waals surface area contributed by atoms with Crippen molar-refractivity contribution in [3.8, 4) is 0 Å². The van der Waals surface area contributed by atoms with E-state index in [-0.39, 0.29) is 0 Å². The molecule has 0 aliphatic heterocycles. The largest absolute Gasteiger partial charge is 0.366 e. The van der Waals surface area contributed by atoms with E-state index in [0.717, 1.165) is 29.4 Å². The number of carbonyl (C=O) groups excluding carboxylic acids is 1. The lowest BCUT2D eigenvalue weighted by Crippen LogP contribution is -2.26. The van der Waals surface area contributed by atoms with Gasteiger partial charge in [-0.1, -0.05) is 12.1 Å². The van der Waals surface area contributed by atoms with Gasteiger partial charge in [0.15, 0.2) is 0 Å². The molecule has 22 heavy (non-hydrogen) atoms. The van der Waals surface area contributed by atoms with Crippen LogP contribution in [-0.4, -0.2) is 21.9 Å². The summed E-state index contributed by atoms with van der Waals surface area (Å²) in [6, 6.07) is 10.0. The van der Waals surface area contributed by atoms with Crippen molar-refractivity contribution in [3.05, 3.63) is 53.0 Å². The van der Waals surface area contributed by atoms with Crippen molar-refractivity contribution in [2.75, 3.05) is 4.90 Å². The van der Waals surface area contributed by atoms with Gasteiger partial charge in [0.25, 0.3) is 0 Å². The van der Waals surface area contributed by atoms with Crippen LogP contribution in [0.1, 0.15) is 40.3 Å². The lowest BCUT2D eigenvalue weighted by molar-refractivity contribution is 0.100.